The van der Waals surface area contributed by atoms with E-state index in [-0.39, 0.29) is 27.9 Å². The summed E-state index contributed by atoms with van der Waals surface area (Å²) >= 11 is 6.85. The van der Waals surface area contributed by atoms with Gasteiger partial charge in [0.15, 0.2) is 5.82 Å². The normalized spacial score (nSPS) is 17.9. The molecule has 3 heterocycles. The number of hydrogen-bond acceptors (Lipinski definition) is 7. The van der Waals surface area contributed by atoms with Gasteiger partial charge in [0, 0.05) is 49.2 Å². The van der Waals surface area contributed by atoms with Crippen molar-refractivity contribution in [3.8, 4) is 16.9 Å². The molecule has 2 aliphatic rings. The van der Waals surface area contributed by atoms with Gasteiger partial charge in [-0.05, 0) is 74.6 Å². The first-order valence-electron chi connectivity index (χ1n) is 13.4. The zero-order valence-corrected chi connectivity index (χ0v) is 23.0. The predicted molar refractivity (Wildman–Crippen MR) is 158 cm³/mol. The molecule has 0 saturated carbocycles. The number of aromatic nitrogens is 2. The Hall–Kier alpha value is -3.49. The molecule has 0 bridgehead atoms. The summed E-state index contributed by atoms with van der Waals surface area (Å²) in [5.41, 5.74) is 1.00. The van der Waals surface area contributed by atoms with E-state index in [0.29, 0.717) is 35.3 Å². The summed E-state index contributed by atoms with van der Waals surface area (Å²) in [6.07, 6.45) is 2.91. The monoisotopic (exact) mass is 546 g/mol. The van der Waals surface area contributed by atoms with Gasteiger partial charge in [-0.1, -0.05) is 35.9 Å². The Balaban J connectivity index is 1.56. The van der Waals surface area contributed by atoms with E-state index in [1.54, 1.807) is 18.2 Å². The average molecular weight is 547 g/mol. The van der Waals surface area contributed by atoms with E-state index in [1.165, 1.54) is 0 Å². The second-order valence-corrected chi connectivity index (χ2v) is 11.2. The molecule has 39 heavy (non-hydrogen) atoms. The van der Waals surface area contributed by atoms with Crippen molar-refractivity contribution in [1.29, 1.82) is 0 Å². The number of aliphatic imine (C=N–C) groups is 1. The molecule has 6 rings (SSSR count). The van der Waals surface area contributed by atoms with Gasteiger partial charge in [0.25, 0.3) is 0 Å². The first-order valence-corrected chi connectivity index (χ1v) is 13.8. The van der Waals surface area contributed by atoms with E-state index in [4.69, 9.17) is 21.6 Å². The van der Waals surface area contributed by atoms with E-state index in [0.717, 1.165) is 49.7 Å². The van der Waals surface area contributed by atoms with Crippen molar-refractivity contribution in [3.63, 3.8) is 0 Å². The van der Waals surface area contributed by atoms with Crippen LogP contribution in [0.5, 0.6) is 5.75 Å². The zero-order valence-electron chi connectivity index (χ0n) is 22.2. The number of likely N-dealkylation sites (N-methyl/N-ethyl adjacent to an activating group) is 1. The number of phenols is 1. The van der Waals surface area contributed by atoms with Crippen molar-refractivity contribution in [2.45, 2.75) is 31.3 Å². The highest BCUT2D eigenvalue weighted by Crippen LogP contribution is 2.43. The van der Waals surface area contributed by atoms with E-state index < -0.39 is 5.82 Å². The van der Waals surface area contributed by atoms with Gasteiger partial charge < -0.3 is 24.8 Å². The predicted octanol–water partition coefficient (Wildman–Crippen LogP) is 5.76. The number of aromatic hydroxyl groups is 1. The SMILES string of the molecule is C=NCC[C@H]1CCCN1c1nc(N2CC(N(C)C)C2)nc2c(F)c(-c3cc(O)cc4ccccc34)c(Cl)cc12. The van der Waals surface area contributed by atoms with Gasteiger partial charge in [-0.2, -0.15) is 4.98 Å². The third-order valence-corrected chi connectivity index (χ3v) is 8.41. The Labute approximate surface area is 232 Å². The number of benzene rings is 3. The summed E-state index contributed by atoms with van der Waals surface area (Å²) in [7, 11) is 4.12. The van der Waals surface area contributed by atoms with Crippen molar-refractivity contribution >= 4 is 51.8 Å². The number of rotatable bonds is 7. The Bertz CT molecular complexity index is 1570. The van der Waals surface area contributed by atoms with Gasteiger partial charge in [0.1, 0.15) is 17.1 Å². The summed E-state index contributed by atoms with van der Waals surface area (Å²) in [5.74, 6) is 0.778. The van der Waals surface area contributed by atoms with Gasteiger partial charge in [-0.3, -0.25) is 0 Å². The number of phenolic OH excluding ortho intramolecular Hbond substituents is 1. The van der Waals surface area contributed by atoms with Gasteiger partial charge >= 0.3 is 0 Å². The lowest BCUT2D eigenvalue weighted by atomic mass is 9.96. The molecule has 1 atom stereocenters. The molecule has 0 amide bonds. The van der Waals surface area contributed by atoms with E-state index in [1.807, 2.05) is 24.3 Å². The van der Waals surface area contributed by atoms with Crippen molar-refractivity contribution in [1.82, 2.24) is 14.9 Å². The average Bonchev–Trinajstić information content (AvgIpc) is 3.34. The molecule has 0 aliphatic carbocycles. The summed E-state index contributed by atoms with van der Waals surface area (Å²) < 4.78 is 16.7. The number of halogens is 2. The van der Waals surface area contributed by atoms with Crippen molar-refractivity contribution in [3.05, 3.63) is 53.3 Å². The topological polar surface area (TPSA) is 68.1 Å². The molecule has 0 unspecified atom stereocenters. The molecule has 1 aromatic heterocycles. The van der Waals surface area contributed by atoms with Crippen LogP contribution < -0.4 is 9.80 Å². The molecular weight excluding hydrogens is 515 g/mol. The smallest absolute Gasteiger partial charge is 0.228 e. The molecule has 3 aromatic carbocycles. The van der Waals surface area contributed by atoms with Crippen LogP contribution in [-0.2, 0) is 0 Å². The molecule has 9 heteroatoms. The quantitative estimate of drug-likeness (QED) is 0.297. The van der Waals surface area contributed by atoms with Crippen molar-refractivity contribution < 1.29 is 9.50 Å². The highest BCUT2D eigenvalue weighted by Gasteiger charge is 2.34. The summed E-state index contributed by atoms with van der Waals surface area (Å²) in [4.78, 5) is 20.4. The van der Waals surface area contributed by atoms with Crippen LogP contribution >= 0.6 is 11.6 Å². The van der Waals surface area contributed by atoms with E-state index in [9.17, 15) is 5.11 Å². The number of fused-ring (bicyclic) bond motifs is 2. The fraction of sp³-hybridized carbons (Fsp3) is 0.367. The molecule has 4 aromatic rings. The fourth-order valence-corrected chi connectivity index (χ4v) is 6.17. The maximum atomic E-state index is 16.7. The highest BCUT2D eigenvalue weighted by atomic mass is 35.5. The fourth-order valence-electron chi connectivity index (χ4n) is 5.88. The molecule has 2 fully saturated rings. The van der Waals surface area contributed by atoms with Crippen molar-refractivity contribution in [2.24, 2.45) is 4.99 Å². The van der Waals surface area contributed by atoms with Gasteiger partial charge in [0.05, 0.1) is 5.02 Å². The minimum atomic E-state index is -0.508. The first-order chi connectivity index (χ1) is 18.9. The van der Waals surface area contributed by atoms with Crippen LogP contribution in [0.25, 0.3) is 32.8 Å². The largest absolute Gasteiger partial charge is 0.508 e. The second kappa shape index (κ2) is 10.2. The van der Waals surface area contributed by atoms with E-state index >= 15 is 4.39 Å². The minimum Gasteiger partial charge on any atom is -0.508 e. The molecule has 2 aliphatic heterocycles. The first kappa shape index (κ1) is 25.8. The lowest BCUT2D eigenvalue weighted by molar-refractivity contribution is 0.245. The van der Waals surface area contributed by atoms with Crippen LogP contribution in [0.1, 0.15) is 19.3 Å². The van der Waals surface area contributed by atoms with Gasteiger partial charge in [-0.25, -0.2) is 9.37 Å². The molecule has 0 spiro atoms. The lowest BCUT2D eigenvalue weighted by Crippen LogP contribution is -2.58. The van der Waals surface area contributed by atoms with Crippen LogP contribution in [0.4, 0.5) is 16.2 Å². The Morgan fingerprint density at radius 3 is 2.72 bits per heavy atom. The molecule has 0 radical (unpaired) electrons. The van der Waals surface area contributed by atoms with Crippen LogP contribution in [0.15, 0.2) is 47.5 Å². The standard InChI is InChI=1S/C30H32ClFN6O/c1-33-11-10-19-8-6-12-38(19)29-24-15-25(31)26(23-14-21(39)13-18-7-4-5-9-22(18)23)27(32)28(24)34-30(35-29)37-16-20(17-37)36(2)3/h4-5,7,9,13-15,19-20,39H,1,6,8,10-12,16-17H2,2-3H3/t19-/m1/s1. The second-order valence-electron chi connectivity index (χ2n) is 10.8. The Morgan fingerprint density at radius 2 is 1.95 bits per heavy atom. The Kier molecular flexibility index (Phi) is 6.77. The Morgan fingerprint density at radius 1 is 1.15 bits per heavy atom. The lowest BCUT2D eigenvalue weighted by Gasteiger charge is -2.43. The molecular formula is C30H32ClFN6O. The maximum Gasteiger partial charge on any atom is 0.228 e. The third-order valence-electron chi connectivity index (χ3n) is 8.11. The van der Waals surface area contributed by atoms with Crippen molar-refractivity contribution in [2.75, 3.05) is 50.1 Å². The van der Waals surface area contributed by atoms with Crippen LogP contribution in [-0.4, -0.2) is 79.0 Å². The van der Waals surface area contributed by atoms with Crippen LogP contribution in [0.2, 0.25) is 5.02 Å². The zero-order chi connectivity index (χ0) is 27.3. The number of anilines is 2. The van der Waals surface area contributed by atoms with Crippen LogP contribution in [0.3, 0.4) is 0 Å². The molecule has 1 N–H and O–H groups in total. The van der Waals surface area contributed by atoms with Gasteiger partial charge in [0.2, 0.25) is 5.95 Å². The van der Waals surface area contributed by atoms with Gasteiger partial charge in [-0.15, -0.1) is 0 Å². The summed E-state index contributed by atoms with van der Waals surface area (Å²) in [5, 5.41) is 12.9. The molecule has 7 nitrogen and oxygen atoms in total. The molecule has 202 valence electrons. The summed E-state index contributed by atoms with van der Waals surface area (Å²) in [6, 6.07) is 13.2. The summed E-state index contributed by atoms with van der Waals surface area (Å²) in [6.45, 7) is 6.69. The minimum absolute atomic E-state index is 0.0503. The molecule has 2 saturated heterocycles. The number of hydrogen-bond donors (Lipinski definition) is 1. The highest BCUT2D eigenvalue weighted by molar-refractivity contribution is 6.35. The van der Waals surface area contributed by atoms with E-state index in [2.05, 4.69) is 40.5 Å². The third kappa shape index (κ3) is 4.55. The number of nitrogens with zero attached hydrogens (tertiary/aromatic N) is 6. The maximum absolute atomic E-state index is 16.7. The van der Waals surface area contributed by atoms with Crippen LogP contribution in [0, 0.1) is 5.82 Å².